The minimum absolute atomic E-state index is 0.207. The van der Waals surface area contributed by atoms with Crippen molar-refractivity contribution in [1.82, 2.24) is 9.97 Å². The second kappa shape index (κ2) is 7.71. The first-order valence-electron chi connectivity index (χ1n) is 8.91. The molecular formula is C22H17F2N3O2. The van der Waals surface area contributed by atoms with Gasteiger partial charge in [-0.2, -0.15) is 0 Å². The average molecular weight is 393 g/mol. The van der Waals surface area contributed by atoms with Crippen molar-refractivity contribution >= 4 is 23.0 Å². The van der Waals surface area contributed by atoms with Gasteiger partial charge in [-0.15, -0.1) is 0 Å². The Kier molecular flexibility index (Phi) is 4.95. The smallest absolute Gasteiger partial charge is 0.341 e. The highest BCUT2D eigenvalue weighted by molar-refractivity contribution is 5.97. The summed E-state index contributed by atoms with van der Waals surface area (Å²) in [4.78, 5) is 19.4. The highest BCUT2D eigenvalue weighted by Gasteiger charge is 2.19. The Balaban J connectivity index is 1.59. The van der Waals surface area contributed by atoms with Gasteiger partial charge in [0.05, 0.1) is 18.1 Å². The number of methoxy groups -OCH3 is 1. The number of anilines is 1. The average Bonchev–Trinajstić information content (AvgIpc) is 3.15. The number of para-hydroxylation sites is 2. The Bertz CT molecular complexity index is 1170. The molecule has 1 aromatic heterocycles. The molecule has 7 heteroatoms. The van der Waals surface area contributed by atoms with Crippen LogP contribution in [0.1, 0.15) is 15.9 Å². The fourth-order valence-electron chi connectivity index (χ4n) is 3.15. The molecule has 0 saturated heterocycles. The SMILES string of the molecule is COC(=O)c1c(F)cccc1-c1ccc(CNc2nc3ccccc3[nH]2)c(F)c1. The minimum Gasteiger partial charge on any atom is -0.465 e. The van der Waals surface area contributed by atoms with E-state index >= 15 is 0 Å². The molecule has 3 aromatic carbocycles. The number of halogens is 2. The lowest BCUT2D eigenvalue weighted by atomic mass is 9.98. The summed E-state index contributed by atoms with van der Waals surface area (Å²) in [7, 11) is 1.17. The van der Waals surface area contributed by atoms with Crippen molar-refractivity contribution in [3.05, 3.63) is 83.4 Å². The third-order valence-corrected chi connectivity index (χ3v) is 4.60. The quantitative estimate of drug-likeness (QED) is 0.473. The third kappa shape index (κ3) is 3.67. The summed E-state index contributed by atoms with van der Waals surface area (Å²) >= 11 is 0. The van der Waals surface area contributed by atoms with E-state index < -0.39 is 17.6 Å². The van der Waals surface area contributed by atoms with Crippen molar-refractivity contribution in [3.63, 3.8) is 0 Å². The number of hydrogen-bond donors (Lipinski definition) is 2. The van der Waals surface area contributed by atoms with Crippen molar-refractivity contribution in [1.29, 1.82) is 0 Å². The number of H-pyrrole nitrogens is 1. The zero-order valence-electron chi connectivity index (χ0n) is 15.5. The molecule has 5 nitrogen and oxygen atoms in total. The summed E-state index contributed by atoms with van der Waals surface area (Å²) in [5.74, 6) is -1.47. The maximum atomic E-state index is 14.7. The van der Waals surface area contributed by atoms with E-state index in [0.717, 1.165) is 17.1 Å². The maximum absolute atomic E-state index is 14.7. The molecular weight excluding hydrogens is 376 g/mol. The fourth-order valence-corrected chi connectivity index (χ4v) is 3.15. The van der Waals surface area contributed by atoms with E-state index in [-0.39, 0.29) is 17.7 Å². The van der Waals surface area contributed by atoms with Gasteiger partial charge in [-0.05, 0) is 35.4 Å². The molecule has 1 heterocycles. The number of esters is 1. The largest absolute Gasteiger partial charge is 0.465 e. The van der Waals surface area contributed by atoms with Crippen molar-refractivity contribution in [2.75, 3.05) is 12.4 Å². The zero-order valence-corrected chi connectivity index (χ0v) is 15.5. The number of ether oxygens (including phenoxy) is 1. The van der Waals surface area contributed by atoms with E-state index in [9.17, 15) is 13.6 Å². The predicted molar refractivity (Wildman–Crippen MR) is 107 cm³/mol. The topological polar surface area (TPSA) is 67.0 Å². The zero-order chi connectivity index (χ0) is 20.4. The molecule has 4 aromatic rings. The van der Waals surface area contributed by atoms with Crippen LogP contribution in [0.4, 0.5) is 14.7 Å². The van der Waals surface area contributed by atoms with E-state index in [4.69, 9.17) is 0 Å². The highest BCUT2D eigenvalue weighted by Crippen LogP contribution is 2.28. The van der Waals surface area contributed by atoms with Crippen molar-refractivity contribution in [2.45, 2.75) is 6.54 Å². The monoisotopic (exact) mass is 393 g/mol. The first-order valence-corrected chi connectivity index (χ1v) is 8.91. The van der Waals surface area contributed by atoms with Crippen LogP contribution in [-0.4, -0.2) is 23.0 Å². The van der Waals surface area contributed by atoms with Crippen molar-refractivity contribution < 1.29 is 18.3 Å². The molecule has 0 radical (unpaired) electrons. The van der Waals surface area contributed by atoms with Crippen LogP contribution in [0.5, 0.6) is 0 Å². The van der Waals surface area contributed by atoms with Crippen molar-refractivity contribution in [2.24, 2.45) is 0 Å². The van der Waals surface area contributed by atoms with E-state index in [1.165, 1.54) is 19.2 Å². The van der Waals surface area contributed by atoms with Gasteiger partial charge in [-0.25, -0.2) is 18.6 Å². The summed E-state index contributed by atoms with van der Waals surface area (Å²) in [6.45, 7) is 0.207. The van der Waals surface area contributed by atoms with Crippen LogP contribution in [0.25, 0.3) is 22.2 Å². The number of carbonyl (C=O) groups is 1. The summed E-state index contributed by atoms with van der Waals surface area (Å²) in [5, 5.41) is 3.06. The number of aromatic amines is 1. The molecule has 0 aliphatic rings. The lowest BCUT2D eigenvalue weighted by Gasteiger charge is -2.11. The van der Waals surface area contributed by atoms with E-state index in [0.29, 0.717) is 17.1 Å². The molecule has 0 unspecified atom stereocenters. The molecule has 0 aliphatic heterocycles. The van der Waals surface area contributed by atoms with Gasteiger partial charge in [0.2, 0.25) is 5.95 Å². The highest BCUT2D eigenvalue weighted by atomic mass is 19.1. The van der Waals surface area contributed by atoms with Gasteiger partial charge in [-0.1, -0.05) is 36.4 Å². The normalized spacial score (nSPS) is 10.9. The molecule has 0 fully saturated rings. The number of imidazole rings is 1. The molecule has 4 rings (SSSR count). The minimum atomic E-state index is -0.811. The summed E-state index contributed by atoms with van der Waals surface area (Å²) in [6.07, 6.45) is 0. The van der Waals surface area contributed by atoms with Crippen LogP contribution < -0.4 is 5.32 Å². The van der Waals surface area contributed by atoms with Crippen LogP contribution in [0, 0.1) is 11.6 Å². The number of hydrogen-bond acceptors (Lipinski definition) is 4. The maximum Gasteiger partial charge on any atom is 0.341 e. The lowest BCUT2D eigenvalue weighted by Crippen LogP contribution is -2.07. The van der Waals surface area contributed by atoms with Crippen LogP contribution in [0.15, 0.2) is 60.7 Å². The van der Waals surface area contributed by atoms with E-state index in [1.54, 1.807) is 18.2 Å². The summed E-state index contributed by atoms with van der Waals surface area (Å²) < 4.78 is 33.5. The third-order valence-electron chi connectivity index (χ3n) is 4.60. The Labute approximate surface area is 165 Å². The van der Waals surface area contributed by atoms with E-state index in [2.05, 4.69) is 20.0 Å². The number of nitrogens with one attached hydrogen (secondary N) is 2. The fraction of sp³-hybridized carbons (Fsp3) is 0.0909. The molecule has 0 spiro atoms. The van der Waals surface area contributed by atoms with Crippen LogP contribution >= 0.6 is 0 Å². The van der Waals surface area contributed by atoms with Gasteiger partial charge < -0.3 is 15.0 Å². The number of fused-ring (bicyclic) bond motifs is 1. The summed E-state index contributed by atoms with van der Waals surface area (Å²) in [6, 6.07) is 16.3. The number of benzene rings is 3. The number of nitrogens with zero attached hydrogens (tertiary/aromatic N) is 1. The molecule has 0 aliphatic carbocycles. The van der Waals surface area contributed by atoms with Gasteiger partial charge >= 0.3 is 5.97 Å². The second-order valence-corrected chi connectivity index (χ2v) is 6.42. The van der Waals surface area contributed by atoms with Crippen LogP contribution in [0.2, 0.25) is 0 Å². The van der Waals surface area contributed by atoms with Gasteiger partial charge in [0, 0.05) is 12.1 Å². The Morgan fingerprint density at radius 2 is 1.90 bits per heavy atom. The first kappa shape index (κ1) is 18.6. The molecule has 0 atom stereocenters. The van der Waals surface area contributed by atoms with Gasteiger partial charge in [-0.3, -0.25) is 0 Å². The number of aromatic nitrogens is 2. The second-order valence-electron chi connectivity index (χ2n) is 6.42. The van der Waals surface area contributed by atoms with E-state index in [1.807, 2.05) is 24.3 Å². The first-order chi connectivity index (χ1) is 14.1. The Hall–Kier alpha value is -3.74. The lowest BCUT2D eigenvalue weighted by molar-refractivity contribution is 0.0596. The molecule has 29 heavy (non-hydrogen) atoms. The number of carbonyl (C=O) groups excluding carboxylic acids is 1. The standard InChI is InChI=1S/C22H17F2N3O2/c1-29-21(28)20-15(5-4-6-16(20)23)13-9-10-14(17(24)11-13)12-25-22-26-18-7-2-3-8-19(18)27-22/h2-11H,12H2,1H3,(H2,25,26,27). The van der Waals surface area contributed by atoms with Crippen molar-refractivity contribution in [3.8, 4) is 11.1 Å². The Morgan fingerprint density at radius 1 is 1.07 bits per heavy atom. The van der Waals surface area contributed by atoms with Crippen LogP contribution in [0.3, 0.4) is 0 Å². The molecule has 2 N–H and O–H groups in total. The van der Waals surface area contributed by atoms with Gasteiger partial charge in [0.15, 0.2) is 0 Å². The Morgan fingerprint density at radius 3 is 2.66 bits per heavy atom. The summed E-state index contributed by atoms with van der Waals surface area (Å²) in [5.41, 5.74) is 2.54. The van der Waals surface area contributed by atoms with Gasteiger partial charge in [0.1, 0.15) is 17.2 Å². The number of rotatable bonds is 5. The van der Waals surface area contributed by atoms with Crippen LogP contribution in [-0.2, 0) is 11.3 Å². The predicted octanol–water partition coefficient (Wildman–Crippen LogP) is 4.91. The molecule has 0 saturated carbocycles. The van der Waals surface area contributed by atoms with Gasteiger partial charge in [0.25, 0.3) is 0 Å². The molecule has 146 valence electrons. The molecule has 0 bridgehead atoms. The molecule has 0 amide bonds.